The Morgan fingerprint density at radius 3 is 1.52 bits per heavy atom. The van der Waals surface area contributed by atoms with Crippen LogP contribution < -0.4 is 25.9 Å². The van der Waals surface area contributed by atoms with Gasteiger partial charge in [-0.05, 0) is 70.6 Å². The molecule has 9 aromatic rings. The molecule has 0 saturated heterocycles. The standard InChI is InChI=1S/C46H28BN3O2/c1-3-17-40-36(11-1)37-12-2-4-18-41(37)50(40)33-21-19-29(20-22-33)32-25-42-44-43(26-32)52-46-35(31-10-8-24-49-28-31)14-6-16-39(46)47(44)38-15-5-13-34(45(38)51-42)30-9-7-23-48-27-30/h1-28H. The lowest BCUT2D eigenvalue weighted by Gasteiger charge is -2.35. The summed E-state index contributed by atoms with van der Waals surface area (Å²) in [5.74, 6) is 3.28. The molecule has 0 fully saturated rings. The van der Waals surface area contributed by atoms with Gasteiger partial charge in [-0.2, -0.15) is 0 Å². The Bertz CT molecular complexity index is 2680. The second kappa shape index (κ2) is 11.3. The van der Waals surface area contributed by atoms with Crippen molar-refractivity contribution in [1.29, 1.82) is 0 Å². The first-order valence-electron chi connectivity index (χ1n) is 17.5. The summed E-state index contributed by atoms with van der Waals surface area (Å²) in [4.78, 5) is 8.86. The number of ether oxygens (including phenoxy) is 2. The van der Waals surface area contributed by atoms with Gasteiger partial charge in [0.2, 0.25) is 0 Å². The molecule has 2 aliphatic heterocycles. The Hall–Kier alpha value is -6.92. The van der Waals surface area contributed by atoms with Crippen LogP contribution in [0.1, 0.15) is 0 Å². The number of aromatic nitrogens is 3. The summed E-state index contributed by atoms with van der Waals surface area (Å²) in [7, 11) is 0. The average molecular weight is 666 g/mol. The molecule has 52 heavy (non-hydrogen) atoms. The molecule has 3 aromatic heterocycles. The predicted octanol–water partition coefficient (Wildman–Crippen LogP) is 9.30. The van der Waals surface area contributed by atoms with Crippen LogP contribution in [0.3, 0.4) is 0 Å². The highest BCUT2D eigenvalue weighted by atomic mass is 16.5. The van der Waals surface area contributed by atoms with E-state index in [-0.39, 0.29) is 6.71 Å². The van der Waals surface area contributed by atoms with Gasteiger partial charge in [-0.1, -0.05) is 97.1 Å². The minimum absolute atomic E-state index is 0.0857. The second-order valence-electron chi connectivity index (χ2n) is 13.4. The molecule has 0 unspecified atom stereocenters. The number of nitrogens with zero attached hydrogens (tertiary/aromatic N) is 3. The van der Waals surface area contributed by atoms with Crippen LogP contribution in [0.4, 0.5) is 0 Å². The summed E-state index contributed by atoms with van der Waals surface area (Å²) in [6.07, 6.45) is 7.39. The molecule has 6 aromatic carbocycles. The van der Waals surface area contributed by atoms with Crippen LogP contribution in [0.15, 0.2) is 170 Å². The van der Waals surface area contributed by atoms with E-state index >= 15 is 0 Å². The van der Waals surface area contributed by atoms with Crippen molar-refractivity contribution in [3.05, 3.63) is 170 Å². The predicted molar refractivity (Wildman–Crippen MR) is 210 cm³/mol. The van der Waals surface area contributed by atoms with E-state index in [1.54, 1.807) is 12.4 Å². The van der Waals surface area contributed by atoms with E-state index in [0.717, 1.165) is 78.5 Å². The molecule has 0 amide bonds. The number of hydrogen-bond acceptors (Lipinski definition) is 4. The number of pyridine rings is 2. The molecular formula is C46H28BN3O2. The third-order valence-corrected chi connectivity index (χ3v) is 10.5. The SMILES string of the molecule is c1cncc(-c2cccc3c2Oc2cc(-c4ccc(-n5c6ccccc6c6ccccc65)cc4)cc4c2B3c2cccc(-c3cccnc3)c2O4)c1. The Labute approximate surface area is 300 Å². The molecule has 0 radical (unpaired) electrons. The van der Waals surface area contributed by atoms with Crippen LogP contribution in [0.2, 0.25) is 0 Å². The minimum atomic E-state index is -0.0857. The maximum Gasteiger partial charge on any atom is 0.260 e. The minimum Gasteiger partial charge on any atom is -0.458 e. The van der Waals surface area contributed by atoms with E-state index in [1.807, 2.05) is 24.5 Å². The van der Waals surface area contributed by atoms with E-state index in [1.165, 1.54) is 21.8 Å². The molecule has 0 aliphatic carbocycles. The first-order valence-corrected chi connectivity index (χ1v) is 17.5. The lowest BCUT2D eigenvalue weighted by Crippen LogP contribution is -2.57. The molecule has 2 aliphatic rings. The van der Waals surface area contributed by atoms with E-state index in [4.69, 9.17) is 9.47 Å². The van der Waals surface area contributed by atoms with E-state index in [9.17, 15) is 0 Å². The number of para-hydroxylation sites is 4. The zero-order chi connectivity index (χ0) is 34.2. The van der Waals surface area contributed by atoms with Crippen molar-refractivity contribution < 1.29 is 9.47 Å². The van der Waals surface area contributed by atoms with Gasteiger partial charge in [0, 0.05) is 69.0 Å². The molecule has 0 saturated carbocycles. The Morgan fingerprint density at radius 1 is 0.462 bits per heavy atom. The molecular weight excluding hydrogens is 637 g/mol. The summed E-state index contributed by atoms with van der Waals surface area (Å²) in [5, 5.41) is 2.49. The molecule has 0 atom stereocenters. The lowest BCUT2D eigenvalue weighted by atomic mass is 9.34. The van der Waals surface area contributed by atoms with Gasteiger partial charge in [0.1, 0.15) is 23.0 Å². The summed E-state index contributed by atoms with van der Waals surface area (Å²) in [5.41, 5.74) is 12.9. The van der Waals surface area contributed by atoms with Gasteiger partial charge in [-0.15, -0.1) is 0 Å². The average Bonchev–Trinajstić information content (AvgIpc) is 3.55. The quantitative estimate of drug-likeness (QED) is 0.176. The smallest absolute Gasteiger partial charge is 0.260 e. The van der Waals surface area contributed by atoms with Crippen LogP contribution >= 0.6 is 0 Å². The highest BCUT2D eigenvalue weighted by Crippen LogP contribution is 2.43. The Morgan fingerprint density at radius 2 is 1.00 bits per heavy atom. The van der Waals surface area contributed by atoms with Gasteiger partial charge < -0.3 is 14.0 Å². The van der Waals surface area contributed by atoms with Gasteiger partial charge in [0.25, 0.3) is 6.71 Å². The topological polar surface area (TPSA) is 49.2 Å². The Kier molecular flexibility index (Phi) is 6.28. The number of fused-ring (bicyclic) bond motifs is 7. The highest BCUT2D eigenvalue weighted by Gasteiger charge is 2.42. The van der Waals surface area contributed by atoms with E-state index < -0.39 is 0 Å². The van der Waals surface area contributed by atoms with Crippen molar-refractivity contribution in [3.63, 3.8) is 0 Å². The third-order valence-electron chi connectivity index (χ3n) is 10.5. The zero-order valence-corrected chi connectivity index (χ0v) is 27.9. The zero-order valence-electron chi connectivity index (χ0n) is 27.9. The summed E-state index contributed by atoms with van der Waals surface area (Å²) >= 11 is 0. The molecule has 0 N–H and O–H groups in total. The fourth-order valence-corrected chi connectivity index (χ4v) is 8.21. The summed E-state index contributed by atoms with van der Waals surface area (Å²) in [6.45, 7) is -0.0857. The summed E-state index contributed by atoms with van der Waals surface area (Å²) < 4.78 is 16.3. The van der Waals surface area contributed by atoms with Crippen molar-refractivity contribution in [2.45, 2.75) is 0 Å². The fraction of sp³-hybridized carbons (Fsp3) is 0. The monoisotopic (exact) mass is 665 g/mol. The molecule has 6 heteroatoms. The molecule has 0 spiro atoms. The van der Waals surface area contributed by atoms with Gasteiger partial charge in [0.15, 0.2) is 0 Å². The van der Waals surface area contributed by atoms with E-state index in [0.29, 0.717) is 0 Å². The Balaban J connectivity index is 1.09. The maximum absolute atomic E-state index is 6.96. The maximum atomic E-state index is 6.96. The first kappa shape index (κ1) is 28.9. The third kappa shape index (κ3) is 4.31. The second-order valence-corrected chi connectivity index (χ2v) is 13.4. The number of rotatable bonds is 4. The van der Waals surface area contributed by atoms with Crippen molar-refractivity contribution in [2.24, 2.45) is 0 Å². The van der Waals surface area contributed by atoms with Crippen LogP contribution in [0.5, 0.6) is 23.0 Å². The van der Waals surface area contributed by atoms with E-state index in [2.05, 4.69) is 148 Å². The highest BCUT2D eigenvalue weighted by molar-refractivity contribution is 6.98. The van der Waals surface area contributed by atoms with Gasteiger partial charge in [0.05, 0.1) is 11.0 Å². The normalized spacial score (nSPS) is 12.5. The molecule has 5 nitrogen and oxygen atoms in total. The van der Waals surface area contributed by atoms with Crippen LogP contribution in [0.25, 0.3) is 60.9 Å². The molecule has 5 heterocycles. The fourth-order valence-electron chi connectivity index (χ4n) is 8.21. The number of hydrogen-bond donors (Lipinski definition) is 0. The first-order chi connectivity index (χ1) is 25.8. The van der Waals surface area contributed by atoms with Crippen LogP contribution in [-0.4, -0.2) is 21.2 Å². The van der Waals surface area contributed by atoms with Gasteiger partial charge >= 0.3 is 0 Å². The largest absolute Gasteiger partial charge is 0.458 e. The van der Waals surface area contributed by atoms with Crippen molar-refractivity contribution in [3.8, 4) is 62.1 Å². The van der Waals surface area contributed by atoms with Gasteiger partial charge in [-0.25, -0.2) is 0 Å². The molecule has 0 bridgehead atoms. The van der Waals surface area contributed by atoms with Crippen LogP contribution in [-0.2, 0) is 0 Å². The van der Waals surface area contributed by atoms with Gasteiger partial charge in [-0.3, -0.25) is 9.97 Å². The summed E-state index contributed by atoms with van der Waals surface area (Å²) in [6, 6.07) is 51.3. The van der Waals surface area contributed by atoms with Crippen molar-refractivity contribution in [2.75, 3.05) is 0 Å². The lowest BCUT2D eigenvalue weighted by molar-refractivity contribution is 0.466. The number of benzene rings is 6. The van der Waals surface area contributed by atoms with Crippen LogP contribution in [0, 0.1) is 0 Å². The molecule has 242 valence electrons. The van der Waals surface area contributed by atoms with Crippen molar-refractivity contribution in [1.82, 2.24) is 14.5 Å². The van der Waals surface area contributed by atoms with Crippen molar-refractivity contribution >= 4 is 44.9 Å². The molecule has 11 rings (SSSR count).